The van der Waals surface area contributed by atoms with Gasteiger partial charge in [0.05, 0.1) is 5.56 Å². The molecule has 1 nitrogen and oxygen atoms in total. The van der Waals surface area contributed by atoms with Crippen LogP contribution in [0.2, 0.25) is 0 Å². The second-order valence-corrected chi connectivity index (χ2v) is 5.16. The molecule has 2 rings (SSSR count). The molecule has 0 unspecified atom stereocenters. The van der Waals surface area contributed by atoms with Crippen LogP contribution in [0.25, 0.3) is 0 Å². The highest BCUT2D eigenvalue weighted by molar-refractivity contribution is 5.85. The van der Waals surface area contributed by atoms with Crippen molar-refractivity contribution in [3.8, 4) is 0 Å². The molecule has 2 N–H and O–H groups in total. The number of benzene rings is 1. The molecule has 0 radical (unpaired) electrons. The zero-order valence-corrected chi connectivity index (χ0v) is 11.7. The first-order valence-corrected chi connectivity index (χ1v) is 6.52. The zero-order chi connectivity index (χ0) is 14.0. The predicted octanol–water partition coefficient (Wildman–Crippen LogP) is 4.85. The minimum Gasteiger partial charge on any atom is -0.324 e. The molecule has 0 heterocycles. The van der Waals surface area contributed by atoms with Crippen molar-refractivity contribution in [1.82, 2.24) is 0 Å². The molecule has 0 bridgehead atoms. The van der Waals surface area contributed by atoms with E-state index < -0.39 is 23.6 Å². The molecule has 1 saturated carbocycles. The van der Waals surface area contributed by atoms with Gasteiger partial charge in [0, 0.05) is 6.04 Å². The molecule has 0 spiro atoms. The zero-order valence-electron chi connectivity index (χ0n) is 10.9. The van der Waals surface area contributed by atoms with Gasteiger partial charge >= 0.3 is 6.18 Å². The highest BCUT2D eigenvalue weighted by Crippen LogP contribution is 2.36. The number of nitrogens with two attached hydrogens (primary N) is 1. The van der Waals surface area contributed by atoms with Crippen molar-refractivity contribution in [1.29, 1.82) is 0 Å². The highest BCUT2D eigenvalue weighted by atomic mass is 35.5. The number of rotatable bonds is 2. The summed E-state index contributed by atoms with van der Waals surface area (Å²) in [5, 5.41) is 0. The van der Waals surface area contributed by atoms with Crippen molar-refractivity contribution < 1.29 is 17.6 Å². The third-order valence-electron chi connectivity index (χ3n) is 3.84. The van der Waals surface area contributed by atoms with Crippen molar-refractivity contribution >= 4 is 12.4 Å². The van der Waals surface area contributed by atoms with Gasteiger partial charge in [0.25, 0.3) is 0 Å². The average Bonchev–Trinajstić information content (AvgIpc) is 2.38. The van der Waals surface area contributed by atoms with Crippen molar-refractivity contribution in [2.45, 2.75) is 44.3 Å². The fraction of sp³-hybridized carbons (Fsp3) is 0.571. The molecule has 0 saturated heterocycles. The van der Waals surface area contributed by atoms with Gasteiger partial charge in [-0.25, -0.2) is 4.39 Å². The summed E-state index contributed by atoms with van der Waals surface area (Å²) in [5.41, 5.74) is 5.19. The molecule has 20 heavy (non-hydrogen) atoms. The first kappa shape index (κ1) is 17.2. The van der Waals surface area contributed by atoms with Crippen LogP contribution in [0.5, 0.6) is 0 Å². The summed E-state index contributed by atoms with van der Waals surface area (Å²) >= 11 is 0. The van der Waals surface area contributed by atoms with Crippen LogP contribution in [-0.2, 0) is 6.18 Å². The standard InChI is InChI=1S/C14H17F4N.ClH/c15-12-7-6-10(8-11(12)14(16,17)18)13(19)9-4-2-1-3-5-9;/h6-9,13H,1-5,19H2;1H/t13-;/m0./s1. The topological polar surface area (TPSA) is 26.0 Å². The van der Waals surface area contributed by atoms with Crippen LogP contribution in [0.15, 0.2) is 18.2 Å². The Balaban J connectivity index is 0.00000200. The summed E-state index contributed by atoms with van der Waals surface area (Å²) < 4.78 is 51.2. The predicted molar refractivity (Wildman–Crippen MR) is 72.2 cm³/mol. The quantitative estimate of drug-likeness (QED) is 0.777. The number of hydrogen-bond acceptors (Lipinski definition) is 1. The molecule has 0 amide bonds. The summed E-state index contributed by atoms with van der Waals surface area (Å²) in [6.45, 7) is 0. The fourth-order valence-electron chi connectivity index (χ4n) is 2.73. The molecule has 6 heteroatoms. The van der Waals surface area contributed by atoms with Crippen molar-refractivity contribution in [3.05, 3.63) is 35.1 Å². The number of halogens is 5. The second-order valence-electron chi connectivity index (χ2n) is 5.16. The molecule has 1 aromatic rings. The number of alkyl halides is 3. The van der Waals surface area contributed by atoms with E-state index in [4.69, 9.17) is 5.73 Å². The molecule has 1 atom stereocenters. The molecular weight excluding hydrogens is 294 g/mol. The van der Waals surface area contributed by atoms with Gasteiger partial charge in [0.15, 0.2) is 0 Å². The maximum Gasteiger partial charge on any atom is 0.419 e. The van der Waals surface area contributed by atoms with E-state index in [2.05, 4.69) is 0 Å². The monoisotopic (exact) mass is 311 g/mol. The van der Waals surface area contributed by atoms with E-state index in [0.717, 1.165) is 44.2 Å². The Bertz CT molecular complexity index is 441. The Hall–Kier alpha value is -0.810. The smallest absolute Gasteiger partial charge is 0.324 e. The first-order chi connectivity index (χ1) is 8.89. The van der Waals surface area contributed by atoms with Crippen LogP contribution in [0, 0.1) is 11.7 Å². The van der Waals surface area contributed by atoms with E-state index in [9.17, 15) is 17.6 Å². The van der Waals surface area contributed by atoms with Gasteiger partial charge in [-0.15, -0.1) is 12.4 Å². The minimum absolute atomic E-state index is 0. The van der Waals surface area contributed by atoms with Gasteiger partial charge in [-0.3, -0.25) is 0 Å². The lowest BCUT2D eigenvalue weighted by molar-refractivity contribution is -0.140. The number of hydrogen-bond donors (Lipinski definition) is 1. The van der Waals surface area contributed by atoms with Gasteiger partial charge in [0.1, 0.15) is 5.82 Å². The normalized spacial score (nSPS) is 18.4. The Kier molecular flexibility index (Phi) is 5.83. The Morgan fingerprint density at radius 3 is 2.25 bits per heavy atom. The summed E-state index contributed by atoms with van der Waals surface area (Å²) in [5.74, 6) is -1.05. The largest absolute Gasteiger partial charge is 0.419 e. The van der Waals surface area contributed by atoms with Crippen LogP contribution >= 0.6 is 12.4 Å². The Morgan fingerprint density at radius 1 is 1.10 bits per heavy atom. The van der Waals surface area contributed by atoms with Gasteiger partial charge in [-0.1, -0.05) is 25.3 Å². The third-order valence-corrected chi connectivity index (χ3v) is 3.84. The van der Waals surface area contributed by atoms with Gasteiger partial charge in [0.2, 0.25) is 0 Å². The maximum atomic E-state index is 13.2. The molecule has 114 valence electrons. The van der Waals surface area contributed by atoms with E-state index in [1.54, 1.807) is 0 Å². The summed E-state index contributed by atoms with van der Waals surface area (Å²) in [6.07, 6.45) is 0.462. The lowest BCUT2D eigenvalue weighted by atomic mass is 9.81. The van der Waals surface area contributed by atoms with Crippen molar-refractivity contribution in [2.75, 3.05) is 0 Å². The Morgan fingerprint density at radius 2 is 1.70 bits per heavy atom. The van der Waals surface area contributed by atoms with Crippen molar-refractivity contribution in [3.63, 3.8) is 0 Å². The van der Waals surface area contributed by atoms with Crippen LogP contribution in [0.1, 0.15) is 49.3 Å². The molecule has 1 fully saturated rings. The first-order valence-electron chi connectivity index (χ1n) is 6.52. The molecule has 1 aromatic carbocycles. The van der Waals surface area contributed by atoms with Crippen LogP contribution in [0.4, 0.5) is 17.6 Å². The van der Waals surface area contributed by atoms with Gasteiger partial charge in [-0.2, -0.15) is 13.2 Å². The third kappa shape index (κ3) is 3.85. The lowest BCUT2D eigenvalue weighted by Gasteiger charge is -2.28. The van der Waals surface area contributed by atoms with Crippen LogP contribution in [-0.4, -0.2) is 0 Å². The fourth-order valence-corrected chi connectivity index (χ4v) is 2.73. The van der Waals surface area contributed by atoms with E-state index in [0.29, 0.717) is 5.56 Å². The lowest BCUT2D eigenvalue weighted by Crippen LogP contribution is -2.24. The minimum atomic E-state index is -4.67. The van der Waals surface area contributed by atoms with Crippen LogP contribution in [0.3, 0.4) is 0 Å². The van der Waals surface area contributed by atoms with Crippen LogP contribution < -0.4 is 5.73 Å². The van der Waals surface area contributed by atoms with Crippen molar-refractivity contribution in [2.24, 2.45) is 11.7 Å². The summed E-state index contributed by atoms with van der Waals surface area (Å²) in [6, 6.07) is 2.64. The van der Waals surface area contributed by atoms with E-state index in [-0.39, 0.29) is 18.3 Å². The van der Waals surface area contributed by atoms with E-state index in [1.807, 2.05) is 0 Å². The van der Waals surface area contributed by atoms with E-state index >= 15 is 0 Å². The molecule has 0 aromatic heterocycles. The second kappa shape index (κ2) is 6.76. The molecule has 1 aliphatic carbocycles. The highest BCUT2D eigenvalue weighted by Gasteiger charge is 2.35. The summed E-state index contributed by atoms with van der Waals surface area (Å²) in [4.78, 5) is 0. The maximum absolute atomic E-state index is 13.2. The summed E-state index contributed by atoms with van der Waals surface area (Å²) in [7, 11) is 0. The molecule has 0 aliphatic heterocycles. The SMILES string of the molecule is Cl.N[C@H](c1ccc(F)c(C(F)(F)F)c1)C1CCCCC1. The molecule has 1 aliphatic rings. The molecular formula is C14H18ClF4N. The average molecular weight is 312 g/mol. The Labute approximate surface area is 122 Å². The van der Waals surface area contributed by atoms with E-state index in [1.165, 1.54) is 6.07 Å². The van der Waals surface area contributed by atoms with Gasteiger partial charge < -0.3 is 5.73 Å². The van der Waals surface area contributed by atoms with Gasteiger partial charge in [-0.05, 0) is 36.5 Å².